The summed E-state index contributed by atoms with van der Waals surface area (Å²) in [6.07, 6.45) is 4.40. The number of ether oxygens (including phenoxy) is 1. The number of hydrogen-bond donors (Lipinski definition) is 1. The van der Waals surface area contributed by atoms with Gasteiger partial charge in [0.15, 0.2) is 0 Å². The standard InChI is InChI=1S/C10H18O2/c1-3-10-8(2)7-9(12-10)5-4-6-11/h9-11H,2-7H2,1H3/t9-,10-/m0/s1. The molecule has 1 heterocycles. The SMILES string of the molecule is C=C1C[C@H](CCCO)O[C@H]1CC. The van der Waals surface area contributed by atoms with Crippen molar-refractivity contribution in [2.45, 2.75) is 44.8 Å². The van der Waals surface area contributed by atoms with Gasteiger partial charge in [-0.05, 0) is 31.3 Å². The second kappa shape index (κ2) is 4.63. The molecule has 0 aromatic heterocycles. The first-order valence-corrected chi connectivity index (χ1v) is 4.72. The van der Waals surface area contributed by atoms with Gasteiger partial charge in [0.2, 0.25) is 0 Å². The molecule has 0 spiro atoms. The molecule has 0 aliphatic carbocycles. The first kappa shape index (κ1) is 9.75. The van der Waals surface area contributed by atoms with Crippen molar-refractivity contribution in [2.24, 2.45) is 0 Å². The molecule has 0 aromatic carbocycles. The predicted octanol–water partition coefficient (Wildman–Crippen LogP) is 1.88. The van der Waals surface area contributed by atoms with Gasteiger partial charge in [0.1, 0.15) is 0 Å². The van der Waals surface area contributed by atoms with Gasteiger partial charge in [-0.2, -0.15) is 0 Å². The maximum atomic E-state index is 8.64. The fraction of sp³-hybridized carbons (Fsp3) is 0.800. The topological polar surface area (TPSA) is 29.5 Å². The average Bonchev–Trinajstić information content (AvgIpc) is 2.43. The Balaban J connectivity index is 2.28. The van der Waals surface area contributed by atoms with E-state index in [1.165, 1.54) is 5.57 Å². The van der Waals surface area contributed by atoms with E-state index in [1.54, 1.807) is 0 Å². The van der Waals surface area contributed by atoms with Crippen molar-refractivity contribution in [3.63, 3.8) is 0 Å². The highest BCUT2D eigenvalue weighted by Gasteiger charge is 2.26. The van der Waals surface area contributed by atoms with Crippen LogP contribution in [0, 0.1) is 0 Å². The lowest BCUT2D eigenvalue weighted by Gasteiger charge is -2.10. The molecule has 0 saturated carbocycles. The van der Waals surface area contributed by atoms with Crippen LogP contribution in [0.5, 0.6) is 0 Å². The molecular formula is C10H18O2. The summed E-state index contributed by atoms with van der Waals surface area (Å²) in [6, 6.07) is 0. The number of hydrogen-bond acceptors (Lipinski definition) is 2. The smallest absolute Gasteiger partial charge is 0.0784 e. The van der Waals surface area contributed by atoms with Crippen molar-refractivity contribution in [1.82, 2.24) is 0 Å². The van der Waals surface area contributed by atoms with Crippen LogP contribution in [0.2, 0.25) is 0 Å². The van der Waals surface area contributed by atoms with Crippen LogP contribution in [-0.4, -0.2) is 23.9 Å². The van der Waals surface area contributed by atoms with Gasteiger partial charge in [-0.25, -0.2) is 0 Å². The van der Waals surface area contributed by atoms with E-state index in [-0.39, 0.29) is 12.7 Å². The van der Waals surface area contributed by atoms with Crippen LogP contribution in [0.3, 0.4) is 0 Å². The monoisotopic (exact) mass is 170 g/mol. The van der Waals surface area contributed by atoms with E-state index < -0.39 is 0 Å². The van der Waals surface area contributed by atoms with Gasteiger partial charge in [0.25, 0.3) is 0 Å². The van der Waals surface area contributed by atoms with Crippen LogP contribution in [0.4, 0.5) is 0 Å². The Hall–Kier alpha value is -0.340. The first-order valence-electron chi connectivity index (χ1n) is 4.72. The zero-order valence-electron chi connectivity index (χ0n) is 7.75. The average molecular weight is 170 g/mol. The Morgan fingerprint density at radius 2 is 2.42 bits per heavy atom. The molecule has 70 valence electrons. The molecule has 2 heteroatoms. The fourth-order valence-electron chi connectivity index (χ4n) is 1.67. The Labute approximate surface area is 74.2 Å². The van der Waals surface area contributed by atoms with Crippen LogP contribution in [-0.2, 0) is 4.74 Å². The third-order valence-corrected chi connectivity index (χ3v) is 2.36. The molecule has 1 saturated heterocycles. The number of aliphatic hydroxyl groups is 1. The zero-order chi connectivity index (χ0) is 8.97. The van der Waals surface area contributed by atoms with Gasteiger partial charge in [0, 0.05) is 6.61 Å². The largest absolute Gasteiger partial charge is 0.396 e. The second-order valence-corrected chi connectivity index (χ2v) is 3.38. The second-order valence-electron chi connectivity index (χ2n) is 3.38. The summed E-state index contributed by atoms with van der Waals surface area (Å²) in [5.74, 6) is 0. The first-order chi connectivity index (χ1) is 5.77. The van der Waals surface area contributed by atoms with Crippen LogP contribution < -0.4 is 0 Å². The molecule has 1 fully saturated rings. The van der Waals surface area contributed by atoms with E-state index in [0.29, 0.717) is 6.10 Å². The van der Waals surface area contributed by atoms with Gasteiger partial charge in [-0.1, -0.05) is 13.5 Å². The van der Waals surface area contributed by atoms with Crippen LogP contribution in [0.15, 0.2) is 12.2 Å². The van der Waals surface area contributed by atoms with E-state index >= 15 is 0 Å². The van der Waals surface area contributed by atoms with E-state index in [0.717, 1.165) is 25.7 Å². The highest BCUT2D eigenvalue weighted by Crippen LogP contribution is 2.28. The molecule has 1 N–H and O–H groups in total. The summed E-state index contributed by atoms with van der Waals surface area (Å²) >= 11 is 0. The van der Waals surface area contributed by atoms with Gasteiger partial charge in [-0.15, -0.1) is 0 Å². The molecule has 0 bridgehead atoms. The quantitative estimate of drug-likeness (QED) is 0.653. The summed E-state index contributed by atoms with van der Waals surface area (Å²) in [4.78, 5) is 0. The molecule has 1 aliphatic rings. The molecule has 2 nitrogen and oxygen atoms in total. The molecule has 12 heavy (non-hydrogen) atoms. The van der Waals surface area contributed by atoms with Crippen molar-refractivity contribution in [3.8, 4) is 0 Å². The lowest BCUT2D eigenvalue weighted by atomic mass is 10.1. The normalized spacial score (nSPS) is 29.7. The minimum absolute atomic E-state index is 0.267. The van der Waals surface area contributed by atoms with Gasteiger partial charge in [0.05, 0.1) is 12.2 Å². The Bertz CT molecular complexity index is 154. The number of rotatable bonds is 4. The zero-order valence-corrected chi connectivity index (χ0v) is 7.75. The summed E-state index contributed by atoms with van der Waals surface area (Å²) in [5, 5.41) is 8.64. The number of aliphatic hydroxyl groups excluding tert-OH is 1. The summed E-state index contributed by atoms with van der Waals surface area (Å²) < 4.78 is 5.71. The molecule has 0 amide bonds. The molecular weight excluding hydrogens is 152 g/mol. The summed E-state index contributed by atoms with van der Waals surface area (Å²) in [5.41, 5.74) is 1.22. The lowest BCUT2D eigenvalue weighted by molar-refractivity contribution is 0.0418. The molecule has 0 radical (unpaired) electrons. The highest BCUT2D eigenvalue weighted by molar-refractivity contribution is 5.08. The Kier molecular flexibility index (Phi) is 3.76. The summed E-state index contributed by atoms with van der Waals surface area (Å²) in [7, 11) is 0. The Morgan fingerprint density at radius 1 is 1.67 bits per heavy atom. The van der Waals surface area contributed by atoms with Gasteiger partial charge >= 0.3 is 0 Å². The van der Waals surface area contributed by atoms with E-state index in [9.17, 15) is 0 Å². The van der Waals surface area contributed by atoms with Crippen molar-refractivity contribution in [3.05, 3.63) is 12.2 Å². The lowest BCUT2D eigenvalue weighted by Crippen LogP contribution is -2.10. The molecule has 2 atom stereocenters. The van der Waals surface area contributed by atoms with Gasteiger partial charge in [-0.3, -0.25) is 0 Å². The third kappa shape index (κ3) is 2.32. The Morgan fingerprint density at radius 3 is 2.92 bits per heavy atom. The maximum absolute atomic E-state index is 8.64. The van der Waals surface area contributed by atoms with Crippen molar-refractivity contribution >= 4 is 0 Å². The van der Waals surface area contributed by atoms with Crippen molar-refractivity contribution in [2.75, 3.05) is 6.61 Å². The van der Waals surface area contributed by atoms with Crippen LogP contribution >= 0.6 is 0 Å². The third-order valence-electron chi connectivity index (χ3n) is 2.36. The van der Waals surface area contributed by atoms with Crippen molar-refractivity contribution < 1.29 is 9.84 Å². The van der Waals surface area contributed by atoms with Crippen LogP contribution in [0.25, 0.3) is 0 Å². The van der Waals surface area contributed by atoms with Crippen molar-refractivity contribution in [1.29, 1.82) is 0 Å². The highest BCUT2D eigenvalue weighted by atomic mass is 16.5. The maximum Gasteiger partial charge on any atom is 0.0784 e. The minimum atomic E-state index is 0.267. The van der Waals surface area contributed by atoms with E-state index in [4.69, 9.17) is 9.84 Å². The van der Waals surface area contributed by atoms with Crippen LogP contribution in [0.1, 0.15) is 32.6 Å². The molecule has 0 aromatic rings. The van der Waals surface area contributed by atoms with Gasteiger partial charge < -0.3 is 9.84 Å². The van der Waals surface area contributed by atoms with E-state index in [1.807, 2.05) is 0 Å². The molecule has 0 unspecified atom stereocenters. The summed E-state index contributed by atoms with van der Waals surface area (Å²) in [6.45, 7) is 6.36. The molecule has 1 aliphatic heterocycles. The minimum Gasteiger partial charge on any atom is -0.396 e. The predicted molar refractivity (Wildman–Crippen MR) is 49.0 cm³/mol. The van der Waals surface area contributed by atoms with E-state index in [2.05, 4.69) is 13.5 Å². The molecule has 1 rings (SSSR count). The fourth-order valence-corrected chi connectivity index (χ4v) is 1.67.